The summed E-state index contributed by atoms with van der Waals surface area (Å²) in [4.78, 5) is 34.1. The number of hydrogen-bond acceptors (Lipinski definition) is 9. The molecule has 4 aromatic heterocycles. The van der Waals surface area contributed by atoms with E-state index in [1.165, 1.54) is 4.57 Å². The average Bonchev–Trinajstić information content (AvgIpc) is 3.74. The van der Waals surface area contributed by atoms with E-state index in [9.17, 15) is 9.59 Å². The lowest BCUT2D eigenvalue weighted by atomic mass is 9.89. The zero-order chi connectivity index (χ0) is 31.2. The average molecular weight is 610 g/mol. The van der Waals surface area contributed by atoms with Crippen molar-refractivity contribution in [2.75, 3.05) is 31.0 Å². The Morgan fingerprint density at radius 2 is 1.93 bits per heavy atom. The van der Waals surface area contributed by atoms with Crippen LogP contribution in [0.4, 0.5) is 17.2 Å². The fourth-order valence-corrected chi connectivity index (χ4v) is 6.02. The minimum absolute atomic E-state index is 0.00861. The summed E-state index contributed by atoms with van der Waals surface area (Å²) in [6, 6.07) is 13.3. The van der Waals surface area contributed by atoms with Gasteiger partial charge in [-0.05, 0) is 56.0 Å². The second-order valence-electron chi connectivity index (χ2n) is 11.5. The molecule has 1 aliphatic heterocycles. The highest BCUT2D eigenvalue weighted by atomic mass is 16.5. The zero-order valence-electron chi connectivity index (χ0n) is 25.6. The molecule has 13 nitrogen and oxygen atoms in total. The van der Waals surface area contributed by atoms with Crippen LogP contribution in [0.5, 0.6) is 5.75 Å². The van der Waals surface area contributed by atoms with Crippen molar-refractivity contribution in [1.82, 2.24) is 34.3 Å². The largest absolute Gasteiger partial charge is 0.497 e. The number of methoxy groups -OCH3 is 2. The molecule has 1 aliphatic carbocycles. The third-order valence-electron chi connectivity index (χ3n) is 8.81. The van der Waals surface area contributed by atoms with Gasteiger partial charge in [-0.15, -0.1) is 5.10 Å². The number of aryl methyl sites for hydroxylation is 2. The van der Waals surface area contributed by atoms with Crippen LogP contribution >= 0.6 is 0 Å². The van der Waals surface area contributed by atoms with Gasteiger partial charge in [0, 0.05) is 50.8 Å². The van der Waals surface area contributed by atoms with Gasteiger partial charge in [0.2, 0.25) is 0 Å². The molecule has 0 saturated heterocycles. The quantitative estimate of drug-likeness (QED) is 0.259. The number of carbonyl (C=O) groups excluding carboxylic acids is 1. The highest BCUT2D eigenvalue weighted by Crippen LogP contribution is 2.38. The molecule has 0 unspecified atom stereocenters. The van der Waals surface area contributed by atoms with Gasteiger partial charge < -0.3 is 25.0 Å². The van der Waals surface area contributed by atoms with E-state index in [2.05, 4.69) is 20.6 Å². The summed E-state index contributed by atoms with van der Waals surface area (Å²) in [5, 5.41) is 15.7. The predicted molar refractivity (Wildman–Crippen MR) is 169 cm³/mol. The molecule has 0 bridgehead atoms. The first-order valence-corrected chi connectivity index (χ1v) is 15.0. The van der Waals surface area contributed by atoms with Crippen molar-refractivity contribution in [1.29, 1.82) is 0 Å². The predicted octanol–water partition coefficient (Wildman–Crippen LogP) is 3.14. The summed E-state index contributed by atoms with van der Waals surface area (Å²) in [6.45, 7) is 3.28. The molecule has 5 heterocycles. The monoisotopic (exact) mass is 609 g/mol. The Bertz CT molecular complexity index is 1940. The number of nitrogens with zero attached hydrogens (tertiary/aromatic N) is 7. The number of carbonyl (C=O) groups is 1. The Kier molecular flexibility index (Phi) is 7.24. The van der Waals surface area contributed by atoms with Crippen molar-refractivity contribution >= 4 is 28.7 Å². The van der Waals surface area contributed by atoms with E-state index >= 15 is 0 Å². The maximum atomic E-state index is 13.7. The standard InChI is InChI=1S/C32H35N9O4/c1-19-16-27(36-38(19)2)40-14-5-6-24(32(40)43)34-29-22-13-15-39(18-20-7-9-21(44-3)10-8-20)28(22)30-33-17-25(41(30)37-29)31(42)35-23-11-12-26(23)45-4/h5-10,14,16-17,23,26H,11-13,15,18H2,1-4H3,(H,34,37)(H,35,42)/t23-,26+/m1/s1. The molecule has 1 aromatic carbocycles. The Morgan fingerprint density at radius 1 is 1.11 bits per heavy atom. The van der Waals surface area contributed by atoms with Gasteiger partial charge in [0.05, 0.1) is 31.1 Å². The van der Waals surface area contributed by atoms with E-state index in [4.69, 9.17) is 19.6 Å². The number of benzene rings is 1. The van der Waals surface area contributed by atoms with Gasteiger partial charge in [0.1, 0.15) is 11.4 Å². The summed E-state index contributed by atoms with van der Waals surface area (Å²) in [5.41, 5.74) is 4.80. The van der Waals surface area contributed by atoms with Gasteiger partial charge >= 0.3 is 0 Å². The number of aromatic nitrogens is 6. The van der Waals surface area contributed by atoms with Gasteiger partial charge in [-0.1, -0.05) is 12.1 Å². The number of hydrogen-bond donors (Lipinski definition) is 2. The second-order valence-corrected chi connectivity index (χ2v) is 11.5. The van der Waals surface area contributed by atoms with Gasteiger partial charge in [-0.2, -0.15) is 5.10 Å². The fraction of sp³-hybridized carbons (Fsp3) is 0.344. The van der Waals surface area contributed by atoms with Crippen molar-refractivity contribution in [2.24, 2.45) is 7.05 Å². The Morgan fingerprint density at radius 3 is 2.62 bits per heavy atom. The van der Waals surface area contributed by atoms with Gasteiger partial charge in [-0.25, -0.2) is 9.50 Å². The SMILES string of the molecule is COc1ccc(CN2CCc3c(Nc4cccn(-c5cc(C)n(C)n5)c4=O)nn4c(C(=O)N[C@@H]5CC[C@@H]5OC)cnc4c32)cc1. The minimum atomic E-state index is -0.278. The van der Waals surface area contributed by atoms with Crippen LogP contribution < -0.4 is 25.8 Å². The third-order valence-corrected chi connectivity index (χ3v) is 8.81. The molecule has 13 heteroatoms. The van der Waals surface area contributed by atoms with Crippen LogP contribution in [0.15, 0.2) is 59.7 Å². The normalized spacial score (nSPS) is 17.3. The van der Waals surface area contributed by atoms with Crippen molar-refractivity contribution in [2.45, 2.75) is 44.9 Å². The summed E-state index contributed by atoms with van der Waals surface area (Å²) in [7, 11) is 5.14. The van der Waals surface area contributed by atoms with E-state index < -0.39 is 0 Å². The maximum Gasteiger partial charge on any atom is 0.280 e. The molecule has 1 saturated carbocycles. The van der Waals surface area contributed by atoms with Gasteiger partial charge in [0.15, 0.2) is 23.0 Å². The number of imidazole rings is 1. The first kappa shape index (κ1) is 28.6. The van der Waals surface area contributed by atoms with Gasteiger partial charge in [-0.3, -0.25) is 18.8 Å². The number of pyridine rings is 1. The first-order chi connectivity index (χ1) is 21.8. The van der Waals surface area contributed by atoms with Crippen LogP contribution in [0.3, 0.4) is 0 Å². The second kappa shape index (κ2) is 11.4. The van der Waals surface area contributed by atoms with Crippen LogP contribution in [0.1, 0.15) is 40.2 Å². The molecule has 7 rings (SSSR count). The van der Waals surface area contributed by atoms with E-state index in [1.807, 2.05) is 44.3 Å². The number of amides is 1. The van der Waals surface area contributed by atoms with Crippen LogP contribution in [0.25, 0.3) is 11.5 Å². The number of anilines is 3. The van der Waals surface area contributed by atoms with Crippen LogP contribution in [-0.4, -0.2) is 67.8 Å². The van der Waals surface area contributed by atoms with Crippen molar-refractivity contribution in [3.8, 4) is 11.6 Å². The number of ether oxygens (including phenoxy) is 2. The van der Waals surface area contributed by atoms with Crippen molar-refractivity contribution in [3.63, 3.8) is 0 Å². The molecular formula is C32H35N9O4. The Labute approximate surface area is 259 Å². The van der Waals surface area contributed by atoms with Crippen molar-refractivity contribution in [3.05, 3.63) is 87.7 Å². The molecule has 45 heavy (non-hydrogen) atoms. The molecule has 2 atom stereocenters. The molecule has 2 N–H and O–H groups in total. The molecule has 5 aromatic rings. The van der Waals surface area contributed by atoms with Gasteiger partial charge in [0.25, 0.3) is 11.5 Å². The first-order valence-electron chi connectivity index (χ1n) is 15.0. The number of fused-ring (bicyclic) bond motifs is 3. The minimum Gasteiger partial charge on any atom is -0.497 e. The lowest BCUT2D eigenvalue weighted by molar-refractivity contribution is 0.00718. The molecule has 1 amide bonds. The van der Waals surface area contributed by atoms with Crippen LogP contribution in [0, 0.1) is 6.92 Å². The Balaban J connectivity index is 1.30. The molecule has 2 aliphatic rings. The Hall–Kier alpha value is -5.17. The number of rotatable bonds is 9. The van der Waals surface area contributed by atoms with E-state index in [1.54, 1.807) is 47.9 Å². The summed E-state index contributed by atoms with van der Waals surface area (Å²) in [6.07, 6.45) is 5.68. The van der Waals surface area contributed by atoms with E-state index in [0.29, 0.717) is 41.6 Å². The smallest absolute Gasteiger partial charge is 0.280 e. The van der Waals surface area contributed by atoms with E-state index in [-0.39, 0.29) is 23.6 Å². The van der Waals surface area contributed by atoms with E-state index in [0.717, 1.165) is 47.6 Å². The molecule has 1 fully saturated rings. The summed E-state index contributed by atoms with van der Waals surface area (Å²) >= 11 is 0. The van der Waals surface area contributed by atoms with Crippen molar-refractivity contribution < 1.29 is 14.3 Å². The summed E-state index contributed by atoms with van der Waals surface area (Å²) in [5.74, 6) is 1.54. The van der Waals surface area contributed by atoms with Crippen LogP contribution in [0.2, 0.25) is 0 Å². The fourth-order valence-electron chi connectivity index (χ4n) is 6.02. The molecule has 0 spiro atoms. The topological polar surface area (TPSA) is 133 Å². The lowest BCUT2D eigenvalue weighted by Crippen LogP contribution is -2.51. The maximum absolute atomic E-state index is 13.7. The highest BCUT2D eigenvalue weighted by molar-refractivity contribution is 5.95. The zero-order valence-corrected chi connectivity index (χ0v) is 25.6. The molecular weight excluding hydrogens is 574 g/mol. The third kappa shape index (κ3) is 5.08. The van der Waals surface area contributed by atoms with Crippen LogP contribution in [-0.2, 0) is 24.8 Å². The highest BCUT2D eigenvalue weighted by Gasteiger charge is 2.34. The molecule has 0 radical (unpaired) electrons. The number of nitrogens with one attached hydrogen (secondary N) is 2. The summed E-state index contributed by atoms with van der Waals surface area (Å²) < 4.78 is 15.6. The lowest BCUT2D eigenvalue weighted by Gasteiger charge is -2.35. The molecule has 232 valence electrons.